The summed E-state index contributed by atoms with van der Waals surface area (Å²) < 4.78 is 0. The zero-order valence-electron chi connectivity index (χ0n) is 10.0. The molecule has 0 aliphatic rings. The number of carboxylic acids is 1. The van der Waals surface area contributed by atoms with Gasteiger partial charge in [-0.2, -0.15) is 0 Å². The van der Waals surface area contributed by atoms with Gasteiger partial charge in [-0.1, -0.05) is 32.3 Å². The molecule has 0 spiro atoms. The molecule has 0 rings (SSSR count). The van der Waals surface area contributed by atoms with Gasteiger partial charge in [0.1, 0.15) is 6.04 Å². The van der Waals surface area contributed by atoms with Gasteiger partial charge in [-0.05, 0) is 26.7 Å². The molecule has 0 aromatic rings. The van der Waals surface area contributed by atoms with Crippen LogP contribution >= 0.6 is 0 Å². The Bertz CT molecular complexity index is 212. The van der Waals surface area contributed by atoms with Crippen LogP contribution in [0.25, 0.3) is 0 Å². The van der Waals surface area contributed by atoms with Gasteiger partial charge < -0.3 is 10.4 Å². The second-order valence-electron chi connectivity index (χ2n) is 3.94. The fraction of sp³-hybridized carbons (Fsp3) is 0.750. The second kappa shape index (κ2) is 8.33. The van der Waals surface area contributed by atoms with Gasteiger partial charge in [-0.15, -0.1) is 0 Å². The Labute approximate surface area is 92.6 Å². The number of carboxylic acid groups (broad SMARTS) is 1. The highest BCUT2D eigenvalue weighted by Crippen LogP contribution is 2.04. The molecule has 0 amide bonds. The second-order valence-corrected chi connectivity index (χ2v) is 3.94. The predicted molar refractivity (Wildman–Crippen MR) is 62.7 cm³/mol. The molecule has 0 heterocycles. The van der Waals surface area contributed by atoms with Gasteiger partial charge in [0, 0.05) is 5.70 Å². The van der Waals surface area contributed by atoms with Gasteiger partial charge in [0.05, 0.1) is 0 Å². The highest BCUT2D eigenvalue weighted by Gasteiger charge is 2.08. The molecule has 15 heavy (non-hydrogen) atoms. The Morgan fingerprint density at radius 3 is 2.60 bits per heavy atom. The topological polar surface area (TPSA) is 49.3 Å². The SMILES string of the molecule is CCCCCC/C=C(\C)NC(C)C(=O)O. The molecule has 0 bridgehead atoms. The molecule has 0 aromatic carbocycles. The molecule has 0 aliphatic heterocycles. The summed E-state index contributed by atoms with van der Waals surface area (Å²) in [4.78, 5) is 10.6. The van der Waals surface area contributed by atoms with Crippen LogP contribution in [0.5, 0.6) is 0 Å². The maximum atomic E-state index is 10.6. The van der Waals surface area contributed by atoms with Crippen LogP contribution < -0.4 is 5.32 Å². The maximum Gasteiger partial charge on any atom is 0.325 e. The number of aliphatic carboxylic acids is 1. The minimum absolute atomic E-state index is 0.503. The van der Waals surface area contributed by atoms with Crippen molar-refractivity contribution in [1.29, 1.82) is 0 Å². The van der Waals surface area contributed by atoms with Gasteiger partial charge in [0.2, 0.25) is 0 Å². The summed E-state index contributed by atoms with van der Waals surface area (Å²) in [5.74, 6) is -0.811. The fourth-order valence-corrected chi connectivity index (χ4v) is 1.35. The molecule has 3 nitrogen and oxygen atoms in total. The molecule has 0 aromatic heterocycles. The maximum absolute atomic E-state index is 10.6. The first-order chi connectivity index (χ1) is 7.07. The van der Waals surface area contributed by atoms with E-state index in [0.29, 0.717) is 0 Å². The highest BCUT2D eigenvalue weighted by molar-refractivity contribution is 5.73. The number of allylic oxidation sites excluding steroid dienone is 2. The van der Waals surface area contributed by atoms with Crippen LogP contribution in [-0.2, 0) is 4.79 Å². The van der Waals surface area contributed by atoms with Crippen molar-refractivity contribution in [1.82, 2.24) is 5.32 Å². The predicted octanol–water partition coefficient (Wildman–Crippen LogP) is 2.92. The number of carbonyl (C=O) groups is 1. The van der Waals surface area contributed by atoms with Gasteiger partial charge in [0.15, 0.2) is 0 Å². The minimum atomic E-state index is -0.811. The van der Waals surface area contributed by atoms with Crippen molar-refractivity contribution in [3.05, 3.63) is 11.8 Å². The van der Waals surface area contributed by atoms with Crippen molar-refractivity contribution in [3.63, 3.8) is 0 Å². The molecule has 1 unspecified atom stereocenters. The zero-order chi connectivity index (χ0) is 11.7. The molecule has 2 N–H and O–H groups in total. The minimum Gasteiger partial charge on any atom is -0.480 e. The van der Waals surface area contributed by atoms with Crippen LogP contribution in [0.2, 0.25) is 0 Å². The van der Waals surface area contributed by atoms with E-state index in [1.807, 2.05) is 6.92 Å². The van der Waals surface area contributed by atoms with E-state index in [2.05, 4.69) is 18.3 Å². The van der Waals surface area contributed by atoms with Crippen molar-refractivity contribution >= 4 is 5.97 Å². The molecule has 0 fully saturated rings. The van der Waals surface area contributed by atoms with Gasteiger partial charge >= 0.3 is 5.97 Å². The number of rotatable bonds is 8. The van der Waals surface area contributed by atoms with Crippen molar-refractivity contribution in [3.8, 4) is 0 Å². The number of hydrogen-bond acceptors (Lipinski definition) is 2. The third-order valence-electron chi connectivity index (χ3n) is 2.32. The summed E-state index contributed by atoms with van der Waals surface area (Å²) in [6, 6.07) is -0.503. The first-order valence-electron chi connectivity index (χ1n) is 5.74. The molecule has 88 valence electrons. The molecule has 0 saturated heterocycles. The van der Waals surface area contributed by atoms with E-state index < -0.39 is 12.0 Å². The van der Waals surface area contributed by atoms with Crippen molar-refractivity contribution in [2.45, 2.75) is 58.9 Å². The van der Waals surface area contributed by atoms with Crippen LogP contribution in [0.1, 0.15) is 52.9 Å². The summed E-state index contributed by atoms with van der Waals surface area (Å²) in [7, 11) is 0. The first-order valence-corrected chi connectivity index (χ1v) is 5.74. The Morgan fingerprint density at radius 2 is 2.07 bits per heavy atom. The van der Waals surface area contributed by atoms with Crippen LogP contribution in [0, 0.1) is 0 Å². The lowest BCUT2D eigenvalue weighted by Gasteiger charge is -2.10. The monoisotopic (exact) mass is 213 g/mol. The number of hydrogen-bond donors (Lipinski definition) is 2. The van der Waals surface area contributed by atoms with Crippen LogP contribution in [0.15, 0.2) is 11.8 Å². The van der Waals surface area contributed by atoms with Crippen LogP contribution in [-0.4, -0.2) is 17.1 Å². The standard InChI is InChI=1S/C12H23NO2/c1-4-5-6-7-8-9-10(2)13-11(3)12(14)15/h9,11,13H,4-8H2,1-3H3,(H,14,15)/b10-9+. The van der Waals surface area contributed by atoms with E-state index in [-0.39, 0.29) is 0 Å². The molecule has 3 heteroatoms. The quantitative estimate of drug-likeness (QED) is 0.609. The summed E-state index contributed by atoms with van der Waals surface area (Å²) in [5, 5.41) is 11.6. The van der Waals surface area contributed by atoms with Crippen molar-refractivity contribution < 1.29 is 9.90 Å². The van der Waals surface area contributed by atoms with E-state index in [4.69, 9.17) is 5.11 Å². The normalized spacial score (nSPS) is 13.7. The summed E-state index contributed by atoms with van der Waals surface area (Å²) in [6.45, 7) is 5.76. The number of unbranched alkanes of at least 4 members (excludes halogenated alkanes) is 4. The molecule has 0 saturated carbocycles. The zero-order valence-corrected chi connectivity index (χ0v) is 10.0. The van der Waals surface area contributed by atoms with Crippen LogP contribution in [0.4, 0.5) is 0 Å². The number of nitrogens with one attached hydrogen (secondary N) is 1. The molecular weight excluding hydrogens is 190 g/mol. The summed E-state index contributed by atoms with van der Waals surface area (Å²) in [6.07, 6.45) is 8.09. The van der Waals surface area contributed by atoms with Crippen LogP contribution in [0.3, 0.4) is 0 Å². The van der Waals surface area contributed by atoms with Gasteiger partial charge in [-0.25, -0.2) is 0 Å². The van der Waals surface area contributed by atoms with E-state index in [0.717, 1.165) is 12.1 Å². The first kappa shape index (κ1) is 14.0. The molecular formula is C12H23NO2. The van der Waals surface area contributed by atoms with E-state index in [1.54, 1.807) is 6.92 Å². The molecule has 0 radical (unpaired) electrons. The molecule has 1 atom stereocenters. The smallest absolute Gasteiger partial charge is 0.325 e. The van der Waals surface area contributed by atoms with E-state index in [9.17, 15) is 4.79 Å². The fourth-order valence-electron chi connectivity index (χ4n) is 1.35. The third kappa shape index (κ3) is 8.03. The van der Waals surface area contributed by atoms with E-state index in [1.165, 1.54) is 25.7 Å². The highest BCUT2D eigenvalue weighted by atomic mass is 16.4. The van der Waals surface area contributed by atoms with Gasteiger partial charge in [-0.3, -0.25) is 4.79 Å². The Kier molecular flexibility index (Phi) is 7.78. The van der Waals surface area contributed by atoms with Crippen molar-refractivity contribution in [2.24, 2.45) is 0 Å². The Balaban J connectivity index is 3.65. The van der Waals surface area contributed by atoms with Gasteiger partial charge in [0.25, 0.3) is 0 Å². The van der Waals surface area contributed by atoms with Crippen molar-refractivity contribution in [2.75, 3.05) is 0 Å². The average Bonchev–Trinajstić information content (AvgIpc) is 2.17. The van der Waals surface area contributed by atoms with E-state index >= 15 is 0 Å². The average molecular weight is 213 g/mol. The largest absolute Gasteiger partial charge is 0.480 e. The summed E-state index contributed by atoms with van der Waals surface area (Å²) >= 11 is 0. The lowest BCUT2D eigenvalue weighted by Crippen LogP contribution is -2.32. The lowest BCUT2D eigenvalue weighted by molar-refractivity contribution is -0.138. The Morgan fingerprint density at radius 1 is 1.40 bits per heavy atom. The Hall–Kier alpha value is -0.990. The molecule has 0 aliphatic carbocycles. The third-order valence-corrected chi connectivity index (χ3v) is 2.32. The lowest BCUT2D eigenvalue weighted by atomic mass is 10.1. The summed E-state index contributed by atoms with van der Waals surface area (Å²) in [5.41, 5.74) is 0.960.